The molecule has 0 amide bonds. The maximum absolute atomic E-state index is 5.92. The normalized spacial score (nSPS) is 16.1. The first-order chi connectivity index (χ1) is 11.3. The minimum absolute atomic E-state index is 0. The lowest BCUT2D eigenvalue weighted by Crippen LogP contribution is -2.39. The number of nitrogens with zero attached hydrogens (tertiary/aromatic N) is 1. The van der Waals surface area contributed by atoms with Crippen molar-refractivity contribution in [2.75, 3.05) is 32.8 Å². The molecule has 1 aliphatic heterocycles. The van der Waals surface area contributed by atoms with Gasteiger partial charge < -0.3 is 20.1 Å². The predicted octanol–water partition coefficient (Wildman–Crippen LogP) is 2.98. The minimum atomic E-state index is 0. The summed E-state index contributed by atoms with van der Waals surface area (Å²) in [6.45, 7) is 8.03. The number of para-hydroxylation sites is 1. The molecule has 1 atom stereocenters. The third-order valence-corrected chi connectivity index (χ3v) is 3.69. The number of unbranched alkanes of at least 4 members (excludes halogenated alkanes) is 1. The monoisotopic (exact) mass is 447 g/mol. The van der Waals surface area contributed by atoms with Crippen LogP contribution in [0.25, 0.3) is 0 Å². The largest absolute Gasteiger partial charge is 0.488 e. The number of fused-ring (bicyclic) bond motifs is 1. The summed E-state index contributed by atoms with van der Waals surface area (Å²) in [5, 5.41) is 6.56. The second kappa shape index (κ2) is 12.4. The summed E-state index contributed by atoms with van der Waals surface area (Å²) >= 11 is 0. The maximum atomic E-state index is 5.92. The fourth-order valence-corrected chi connectivity index (χ4v) is 2.48. The van der Waals surface area contributed by atoms with E-state index in [2.05, 4.69) is 41.6 Å². The molecule has 1 aliphatic rings. The molecule has 2 N–H and O–H groups in total. The highest BCUT2D eigenvalue weighted by atomic mass is 127. The van der Waals surface area contributed by atoms with Gasteiger partial charge in [0.15, 0.2) is 5.96 Å². The van der Waals surface area contributed by atoms with Crippen molar-refractivity contribution in [3.8, 4) is 5.75 Å². The number of ether oxygens (including phenoxy) is 2. The highest BCUT2D eigenvalue weighted by Crippen LogP contribution is 2.28. The van der Waals surface area contributed by atoms with Crippen LogP contribution in [0.2, 0.25) is 0 Å². The first-order valence-electron chi connectivity index (χ1n) is 8.68. The number of halogens is 1. The second-order valence-corrected chi connectivity index (χ2v) is 5.66. The highest BCUT2D eigenvalue weighted by Gasteiger charge is 2.21. The Morgan fingerprint density at radius 1 is 1.25 bits per heavy atom. The van der Waals surface area contributed by atoms with E-state index in [0.717, 1.165) is 44.2 Å². The topological polar surface area (TPSA) is 54.9 Å². The Balaban J connectivity index is 0.00000288. The van der Waals surface area contributed by atoms with E-state index in [4.69, 9.17) is 9.47 Å². The van der Waals surface area contributed by atoms with Crippen LogP contribution in [0.1, 0.15) is 32.3 Å². The Morgan fingerprint density at radius 2 is 2.08 bits per heavy atom. The van der Waals surface area contributed by atoms with E-state index >= 15 is 0 Å². The standard InChI is InChI=1S/C18H29N3O2.HI/c1-3-5-11-22-12-10-20-18(19-4-2)21-14-16-13-15-8-6-7-9-17(15)23-16;/h6-9,16H,3-5,10-14H2,1-2H3,(H2,19,20,21);1H. The first kappa shape index (κ1) is 21.0. The SMILES string of the molecule is CCCCOCCNC(=NCC1Cc2ccccc2O1)NCC.I. The molecule has 1 aromatic carbocycles. The summed E-state index contributed by atoms with van der Waals surface area (Å²) < 4.78 is 11.5. The Hall–Kier alpha value is -1.02. The lowest BCUT2D eigenvalue weighted by atomic mass is 10.1. The second-order valence-electron chi connectivity index (χ2n) is 5.66. The van der Waals surface area contributed by atoms with Crippen LogP contribution in [-0.2, 0) is 11.2 Å². The summed E-state index contributed by atoms with van der Waals surface area (Å²) in [6.07, 6.45) is 3.34. The number of nitrogens with one attached hydrogen (secondary N) is 2. The highest BCUT2D eigenvalue weighted by molar-refractivity contribution is 14.0. The maximum Gasteiger partial charge on any atom is 0.191 e. The number of aliphatic imine (C=N–C) groups is 1. The van der Waals surface area contributed by atoms with E-state index in [-0.39, 0.29) is 30.1 Å². The van der Waals surface area contributed by atoms with Crippen LogP contribution in [0.15, 0.2) is 29.3 Å². The van der Waals surface area contributed by atoms with Gasteiger partial charge in [-0.2, -0.15) is 0 Å². The molecule has 0 aliphatic carbocycles. The molecule has 0 saturated heterocycles. The third kappa shape index (κ3) is 7.25. The number of guanidine groups is 1. The summed E-state index contributed by atoms with van der Waals surface area (Å²) in [7, 11) is 0. The van der Waals surface area contributed by atoms with Gasteiger partial charge in [-0.3, -0.25) is 0 Å². The number of benzene rings is 1. The molecule has 1 aromatic rings. The molecule has 1 heterocycles. The molecule has 0 aromatic heterocycles. The molecular formula is C18H30IN3O2. The van der Waals surface area contributed by atoms with Gasteiger partial charge >= 0.3 is 0 Å². The summed E-state index contributed by atoms with van der Waals surface area (Å²) in [5.41, 5.74) is 1.27. The molecule has 0 spiro atoms. The van der Waals surface area contributed by atoms with Crippen molar-refractivity contribution in [2.45, 2.75) is 39.2 Å². The van der Waals surface area contributed by atoms with E-state index in [0.29, 0.717) is 13.2 Å². The first-order valence-corrected chi connectivity index (χ1v) is 8.68. The van der Waals surface area contributed by atoms with Crippen molar-refractivity contribution in [3.05, 3.63) is 29.8 Å². The van der Waals surface area contributed by atoms with Gasteiger partial charge in [0.2, 0.25) is 0 Å². The number of rotatable bonds is 9. The Kier molecular flexibility index (Phi) is 10.8. The smallest absolute Gasteiger partial charge is 0.191 e. The van der Waals surface area contributed by atoms with Crippen molar-refractivity contribution in [2.24, 2.45) is 4.99 Å². The average Bonchev–Trinajstić information content (AvgIpc) is 2.98. The zero-order chi connectivity index (χ0) is 16.3. The van der Waals surface area contributed by atoms with Gasteiger partial charge in [-0.05, 0) is 25.0 Å². The van der Waals surface area contributed by atoms with Crippen LogP contribution in [0.3, 0.4) is 0 Å². The molecule has 2 rings (SSSR count). The quantitative estimate of drug-likeness (QED) is 0.265. The molecule has 0 bridgehead atoms. The van der Waals surface area contributed by atoms with E-state index in [1.54, 1.807) is 0 Å². The minimum Gasteiger partial charge on any atom is -0.488 e. The van der Waals surface area contributed by atoms with Crippen molar-refractivity contribution in [1.82, 2.24) is 10.6 Å². The Labute approximate surface area is 162 Å². The van der Waals surface area contributed by atoms with E-state index in [9.17, 15) is 0 Å². The van der Waals surface area contributed by atoms with Crippen LogP contribution in [0.4, 0.5) is 0 Å². The zero-order valence-electron chi connectivity index (χ0n) is 14.7. The van der Waals surface area contributed by atoms with Gasteiger partial charge in [0.25, 0.3) is 0 Å². The van der Waals surface area contributed by atoms with E-state index in [1.807, 2.05) is 12.1 Å². The van der Waals surface area contributed by atoms with Crippen LogP contribution >= 0.6 is 24.0 Å². The summed E-state index contributed by atoms with van der Waals surface area (Å²) in [4.78, 5) is 4.63. The number of hydrogen-bond donors (Lipinski definition) is 2. The summed E-state index contributed by atoms with van der Waals surface area (Å²) in [6, 6.07) is 8.21. The fourth-order valence-electron chi connectivity index (χ4n) is 2.48. The molecule has 1 unspecified atom stereocenters. The third-order valence-electron chi connectivity index (χ3n) is 3.69. The molecule has 136 valence electrons. The molecule has 5 nitrogen and oxygen atoms in total. The van der Waals surface area contributed by atoms with Crippen molar-refractivity contribution in [3.63, 3.8) is 0 Å². The average molecular weight is 447 g/mol. The van der Waals surface area contributed by atoms with Crippen LogP contribution in [-0.4, -0.2) is 44.9 Å². The van der Waals surface area contributed by atoms with Crippen molar-refractivity contribution in [1.29, 1.82) is 0 Å². The van der Waals surface area contributed by atoms with Gasteiger partial charge in [0.05, 0.1) is 13.2 Å². The van der Waals surface area contributed by atoms with Crippen molar-refractivity contribution < 1.29 is 9.47 Å². The Bertz CT molecular complexity index is 472. The molecule has 24 heavy (non-hydrogen) atoms. The van der Waals surface area contributed by atoms with Gasteiger partial charge in [-0.15, -0.1) is 24.0 Å². The Morgan fingerprint density at radius 3 is 2.83 bits per heavy atom. The lowest BCUT2D eigenvalue weighted by molar-refractivity contribution is 0.136. The fraction of sp³-hybridized carbons (Fsp3) is 0.611. The van der Waals surface area contributed by atoms with Gasteiger partial charge in [0, 0.05) is 26.1 Å². The molecule has 0 fully saturated rings. The lowest BCUT2D eigenvalue weighted by Gasteiger charge is -2.13. The van der Waals surface area contributed by atoms with E-state index < -0.39 is 0 Å². The van der Waals surface area contributed by atoms with Gasteiger partial charge in [0.1, 0.15) is 11.9 Å². The molecule has 0 saturated carbocycles. The zero-order valence-corrected chi connectivity index (χ0v) is 17.0. The van der Waals surface area contributed by atoms with E-state index in [1.165, 1.54) is 12.0 Å². The van der Waals surface area contributed by atoms with Crippen molar-refractivity contribution >= 4 is 29.9 Å². The van der Waals surface area contributed by atoms with Crippen LogP contribution in [0, 0.1) is 0 Å². The van der Waals surface area contributed by atoms with Crippen LogP contribution < -0.4 is 15.4 Å². The summed E-state index contributed by atoms with van der Waals surface area (Å²) in [5.74, 6) is 1.82. The van der Waals surface area contributed by atoms with Gasteiger partial charge in [-0.25, -0.2) is 4.99 Å². The molecule has 0 radical (unpaired) electrons. The number of hydrogen-bond acceptors (Lipinski definition) is 3. The van der Waals surface area contributed by atoms with Gasteiger partial charge in [-0.1, -0.05) is 31.5 Å². The molecular weight excluding hydrogens is 417 g/mol. The van der Waals surface area contributed by atoms with Crippen LogP contribution in [0.5, 0.6) is 5.75 Å². The molecule has 6 heteroatoms. The predicted molar refractivity (Wildman–Crippen MR) is 110 cm³/mol.